The third-order valence-electron chi connectivity index (χ3n) is 2.80. The molecule has 1 heterocycles. The number of carboxylic acid groups (broad SMARTS) is 1. The van der Waals surface area contributed by atoms with Gasteiger partial charge in [0, 0.05) is 17.5 Å². The van der Waals surface area contributed by atoms with Gasteiger partial charge in [0.1, 0.15) is 6.04 Å². The van der Waals surface area contributed by atoms with Crippen LogP contribution in [0.1, 0.15) is 28.9 Å². The molecule has 1 amide bonds. The van der Waals surface area contributed by atoms with Gasteiger partial charge in [0.15, 0.2) is 0 Å². The van der Waals surface area contributed by atoms with E-state index in [0.29, 0.717) is 5.56 Å². The number of aryl methyl sites for hydroxylation is 1. The van der Waals surface area contributed by atoms with Crippen molar-refractivity contribution in [2.75, 3.05) is 0 Å². The van der Waals surface area contributed by atoms with Crippen LogP contribution < -0.4 is 5.32 Å². The Kier molecular flexibility index (Phi) is 3.08. The van der Waals surface area contributed by atoms with E-state index in [4.69, 9.17) is 5.11 Å². The molecule has 0 bridgehead atoms. The van der Waals surface area contributed by atoms with Gasteiger partial charge in [-0.15, -0.1) is 0 Å². The van der Waals surface area contributed by atoms with Crippen LogP contribution in [0.15, 0.2) is 18.3 Å². The Hall–Kier alpha value is -1.91. The zero-order valence-corrected chi connectivity index (χ0v) is 9.51. The van der Waals surface area contributed by atoms with Crippen molar-refractivity contribution in [3.8, 4) is 0 Å². The number of hydrogen-bond donors (Lipinski definition) is 2. The van der Waals surface area contributed by atoms with Crippen LogP contribution in [0.25, 0.3) is 0 Å². The summed E-state index contributed by atoms with van der Waals surface area (Å²) in [5.41, 5.74) is 1.18. The van der Waals surface area contributed by atoms with Crippen molar-refractivity contribution >= 4 is 11.9 Å². The molecule has 0 radical (unpaired) electrons. The van der Waals surface area contributed by atoms with Gasteiger partial charge in [-0.25, -0.2) is 4.79 Å². The van der Waals surface area contributed by atoms with Crippen LogP contribution in [0, 0.1) is 12.8 Å². The highest BCUT2D eigenvalue weighted by Gasteiger charge is 2.37. The Bertz CT molecular complexity index is 455. The number of hydrogen-bond acceptors (Lipinski definition) is 3. The van der Waals surface area contributed by atoms with E-state index >= 15 is 0 Å². The molecule has 2 N–H and O–H groups in total. The van der Waals surface area contributed by atoms with Crippen molar-refractivity contribution < 1.29 is 14.7 Å². The summed E-state index contributed by atoms with van der Waals surface area (Å²) in [6, 6.07) is 2.45. The van der Waals surface area contributed by atoms with Crippen LogP contribution in [0.3, 0.4) is 0 Å². The summed E-state index contributed by atoms with van der Waals surface area (Å²) in [5.74, 6) is -1.24. The molecule has 90 valence electrons. The average Bonchev–Trinajstić information content (AvgIpc) is 3.09. The summed E-state index contributed by atoms with van der Waals surface area (Å²) in [7, 11) is 0. The predicted molar refractivity (Wildman–Crippen MR) is 60.6 cm³/mol. The molecule has 17 heavy (non-hydrogen) atoms. The molecule has 1 atom stereocenters. The second-order valence-corrected chi connectivity index (χ2v) is 4.31. The molecule has 1 aromatic heterocycles. The number of carbonyl (C=O) groups excluding carboxylic acids is 1. The van der Waals surface area contributed by atoms with E-state index < -0.39 is 12.0 Å². The SMILES string of the molecule is Cc1cc(C(=O)NC(C(=O)O)C2CC2)ccn1. The normalized spacial score (nSPS) is 16.3. The third kappa shape index (κ3) is 2.81. The topological polar surface area (TPSA) is 79.3 Å². The smallest absolute Gasteiger partial charge is 0.326 e. The number of pyridine rings is 1. The van der Waals surface area contributed by atoms with Crippen LogP contribution in [-0.4, -0.2) is 28.0 Å². The molecule has 0 aliphatic heterocycles. The van der Waals surface area contributed by atoms with E-state index in [9.17, 15) is 9.59 Å². The fourth-order valence-electron chi connectivity index (χ4n) is 1.72. The first kappa shape index (κ1) is 11.6. The van der Waals surface area contributed by atoms with E-state index in [0.717, 1.165) is 18.5 Å². The van der Waals surface area contributed by atoms with Crippen molar-refractivity contribution in [2.45, 2.75) is 25.8 Å². The molecule has 0 aromatic carbocycles. The van der Waals surface area contributed by atoms with Gasteiger partial charge in [-0.3, -0.25) is 9.78 Å². The number of nitrogens with zero attached hydrogens (tertiary/aromatic N) is 1. The highest BCUT2D eigenvalue weighted by Crippen LogP contribution is 2.32. The first-order chi connectivity index (χ1) is 8.08. The third-order valence-corrected chi connectivity index (χ3v) is 2.80. The highest BCUT2D eigenvalue weighted by molar-refractivity contribution is 5.96. The summed E-state index contributed by atoms with van der Waals surface area (Å²) in [4.78, 5) is 26.8. The van der Waals surface area contributed by atoms with E-state index in [1.165, 1.54) is 6.20 Å². The van der Waals surface area contributed by atoms with Gasteiger partial charge in [0.05, 0.1) is 0 Å². The first-order valence-electron chi connectivity index (χ1n) is 5.54. The Labute approximate surface area is 98.9 Å². The molecule has 1 unspecified atom stereocenters. The van der Waals surface area contributed by atoms with Gasteiger partial charge in [-0.05, 0) is 37.8 Å². The molecule has 2 rings (SSSR count). The zero-order chi connectivity index (χ0) is 12.4. The van der Waals surface area contributed by atoms with Gasteiger partial charge < -0.3 is 10.4 Å². The number of carboxylic acids is 1. The van der Waals surface area contributed by atoms with Crippen molar-refractivity contribution in [1.82, 2.24) is 10.3 Å². The van der Waals surface area contributed by atoms with Crippen LogP contribution >= 0.6 is 0 Å². The first-order valence-corrected chi connectivity index (χ1v) is 5.54. The Morgan fingerprint density at radius 3 is 2.76 bits per heavy atom. The minimum Gasteiger partial charge on any atom is -0.480 e. The Balaban J connectivity index is 2.07. The predicted octanol–water partition coefficient (Wildman–Crippen LogP) is 0.983. The van der Waals surface area contributed by atoms with Gasteiger partial charge in [0.25, 0.3) is 5.91 Å². The Morgan fingerprint density at radius 2 is 2.24 bits per heavy atom. The molecule has 5 heteroatoms. The Morgan fingerprint density at radius 1 is 1.53 bits per heavy atom. The lowest BCUT2D eigenvalue weighted by Gasteiger charge is -2.13. The van der Waals surface area contributed by atoms with E-state index in [1.807, 2.05) is 0 Å². The summed E-state index contributed by atoms with van der Waals surface area (Å²) < 4.78 is 0. The summed E-state index contributed by atoms with van der Waals surface area (Å²) in [6.07, 6.45) is 3.27. The lowest BCUT2D eigenvalue weighted by molar-refractivity contribution is -0.139. The molecule has 1 aliphatic rings. The largest absolute Gasteiger partial charge is 0.480 e. The quantitative estimate of drug-likeness (QED) is 0.814. The standard InChI is InChI=1S/C12H14N2O3/c1-7-6-9(4-5-13-7)11(15)14-10(12(16)17)8-2-3-8/h4-6,8,10H,2-3H2,1H3,(H,14,15)(H,16,17). The minimum absolute atomic E-state index is 0.0828. The second-order valence-electron chi connectivity index (χ2n) is 4.31. The maximum atomic E-state index is 11.8. The molecule has 0 saturated heterocycles. The molecule has 1 aromatic rings. The lowest BCUT2D eigenvalue weighted by Crippen LogP contribution is -2.42. The molecule has 1 fully saturated rings. The number of rotatable bonds is 4. The van der Waals surface area contributed by atoms with Gasteiger partial charge in [0.2, 0.25) is 0 Å². The molecule has 0 spiro atoms. The number of aromatic nitrogens is 1. The van der Waals surface area contributed by atoms with Crippen molar-refractivity contribution in [3.63, 3.8) is 0 Å². The summed E-state index contributed by atoms with van der Waals surface area (Å²) in [5, 5.41) is 11.6. The van der Waals surface area contributed by atoms with E-state index in [-0.39, 0.29) is 11.8 Å². The van der Waals surface area contributed by atoms with Gasteiger partial charge >= 0.3 is 5.97 Å². The maximum Gasteiger partial charge on any atom is 0.326 e. The van der Waals surface area contributed by atoms with E-state index in [2.05, 4.69) is 10.3 Å². The van der Waals surface area contributed by atoms with Crippen molar-refractivity contribution in [1.29, 1.82) is 0 Å². The average molecular weight is 234 g/mol. The van der Waals surface area contributed by atoms with Crippen molar-refractivity contribution in [2.24, 2.45) is 5.92 Å². The minimum atomic E-state index is -0.966. The number of nitrogens with one attached hydrogen (secondary N) is 1. The monoisotopic (exact) mass is 234 g/mol. The highest BCUT2D eigenvalue weighted by atomic mass is 16.4. The molecular formula is C12H14N2O3. The maximum absolute atomic E-state index is 11.8. The fraction of sp³-hybridized carbons (Fsp3) is 0.417. The van der Waals surface area contributed by atoms with E-state index in [1.54, 1.807) is 19.1 Å². The zero-order valence-electron chi connectivity index (χ0n) is 9.51. The fourth-order valence-corrected chi connectivity index (χ4v) is 1.72. The van der Waals surface area contributed by atoms with Crippen LogP contribution in [0.4, 0.5) is 0 Å². The number of aliphatic carboxylic acids is 1. The summed E-state index contributed by atoms with van der Waals surface area (Å²) in [6.45, 7) is 1.78. The van der Waals surface area contributed by atoms with Crippen LogP contribution in [-0.2, 0) is 4.79 Å². The van der Waals surface area contributed by atoms with Crippen LogP contribution in [0.2, 0.25) is 0 Å². The number of carbonyl (C=O) groups is 2. The summed E-state index contributed by atoms with van der Waals surface area (Å²) >= 11 is 0. The second kappa shape index (κ2) is 4.53. The molecular weight excluding hydrogens is 220 g/mol. The molecule has 1 aliphatic carbocycles. The van der Waals surface area contributed by atoms with Gasteiger partial charge in [-0.1, -0.05) is 0 Å². The van der Waals surface area contributed by atoms with Crippen molar-refractivity contribution in [3.05, 3.63) is 29.6 Å². The van der Waals surface area contributed by atoms with Crippen LogP contribution in [0.5, 0.6) is 0 Å². The molecule has 1 saturated carbocycles. The van der Waals surface area contributed by atoms with Gasteiger partial charge in [-0.2, -0.15) is 0 Å². The number of amides is 1. The lowest BCUT2D eigenvalue weighted by atomic mass is 10.1. The molecule has 5 nitrogen and oxygen atoms in total.